The summed E-state index contributed by atoms with van der Waals surface area (Å²) < 4.78 is 5.49. The first-order valence-electron chi connectivity index (χ1n) is 7.34. The maximum absolute atomic E-state index is 6.11. The molecule has 2 aromatic rings. The Hall–Kier alpha value is -1.59. The minimum absolute atomic E-state index is 0.0965. The predicted octanol–water partition coefficient (Wildman–Crippen LogP) is 2.21. The third kappa shape index (κ3) is 2.30. The van der Waals surface area contributed by atoms with Crippen molar-refractivity contribution in [3.8, 4) is 0 Å². The van der Waals surface area contributed by atoms with Crippen LogP contribution in [0.3, 0.4) is 0 Å². The van der Waals surface area contributed by atoms with Crippen molar-refractivity contribution in [2.45, 2.75) is 18.3 Å². The van der Waals surface area contributed by atoms with Crippen LogP contribution in [0, 0.1) is 0 Å². The number of aromatic nitrogens is 2. The SMILES string of the molecule is Clc1cccc(C2(c3noc(N4CCNCC4)n3)CC2)c1. The molecule has 1 aliphatic carbocycles. The van der Waals surface area contributed by atoms with Gasteiger partial charge in [0.25, 0.3) is 0 Å². The van der Waals surface area contributed by atoms with Gasteiger partial charge in [0.2, 0.25) is 0 Å². The summed E-state index contributed by atoms with van der Waals surface area (Å²) in [6, 6.07) is 8.62. The maximum Gasteiger partial charge on any atom is 0.324 e. The number of nitrogens with zero attached hydrogens (tertiary/aromatic N) is 3. The van der Waals surface area contributed by atoms with E-state index in [2.05, 4.69) is 26.4 Å². The molecule has 1 saturated carbocycles. The van der Waals surface area contributed by atoms with Gasteiger partial charge in [-0.2, -0.15) is 4.98 Å². The molecule has 1 aromatic carbocycles. The van der Waals surface area contributed by atoms with Crippen molar-refractivity contribution in [1.29, 1.82) is 0 Å². The van der Waals surface area contributed by atoms with E-state index < -0.39 is 0 Å². The number of hydrogen-bond donors (Lipinski definition) is 1. The standard InChI is InChI=1S/C15H17ClN4O/c16-12-3-1-2-11(10-12)15(4-5-15)13-18-14(21-19-13)20-8-6-17-7-9-20/h1-3,10,17H,4-9H2. The smallest absolute Gasteiger partial charge is 0.322 e. The molecule has 1 N–H and O–H groups in total. The second kappa shape index (κ2) is 5.00. The van der Waals surface area contributed by atoms with Crippen LogP contribution in [0.15, 0.2) is 28.8 Å². The average molecular weight is 305 g/mol. The van der Waals surface area contributed by atoms with Crippen LogP contribution in [-0.4, -0.2) is 36.3 Å². The summed E-state index contributed by atoms with van der Waals surface area (Å²) in [6.07, 6.45) is 2.10. The lowest BCUT2D eigenvalue weighted by Crippen LogP contribution is -2.43. The minimum atomic E-state index is -0.0965. The fourth-order valence-electron chi connectivity index (χ4n) is 2.95. The van der Waals surface area contributed by atoms with Gasteiger partial charge < -0.3 is 14.7 Å². The van der Waals surface area contributed by atoms with Crippen molar-refractivity contribution < 1.29 is 4.52 Å². The third-order valence-electron chi connectivity index (χ3n) is 4.36. The molecular weight excluding hydrogens is 288 g/mol. The Morgan fingerprint density at radius 1 is 1.24 bits per heavy atom. The number of halogens is 1. The molecule has 0 radical (unpaired) electrons. The van der Waals surface area contributed by atoms with E-state index in [1.54, 1.807) is 0 Å². The Labute approximate surface area is 128 Å². The highest BCUT2D eigenvalue weighted by Gasteiger charge is 2.50. The molecule has 0 unspecified atom stereocenters. The number of nitrogens with one attached hydrogen (secondary N) is 1. The number of anilines is 1. The van der Waals surface area contributed by atoms with Crippen LogP contribution in [0.4, 0.5) is 6.01 Å². The monoisotopic (exact) mass is 304 g/mol. The zero-order chi connectivity index (χ0) is 14.3. The van der Waals surface area contributed by atoms with Gasteiger partial charge >= 0.3 is 6.01 Å². The minimum Gasteiger partial charge on any atom is -0.322 e. The Morgan fingerprint density at radius 2 is 2.05 bits per heavy atom. The van der Waals surface area contributed by atoms with Crippen molar-refractivity contribution in [2.75, 3.05) is 31.1 Å². The van der Waals surface area contributed by atoms with E-state index in [4.69, 9.17) is 16.1 Å². The second-order valence-corrected chi connectivity index (χ2v) is 6.17. The first kappa shape index (κ1) is 13.1. The summed E-state index contributed by atoms with van der Waals surface area (Å²) >= 11 is 6.11. The molecule has 2 heterocycles. The van der Waals surface area contributed by atoms with Gasteiger partial charge in [-0.3, -0.25) is 0 Å². The van der Waals surface area contributed by atoms with Gasteiger partial charge in [-0.1, -0.05) is 28.9 Å². The van der Waals surface area contributed by atoms with Crippen LogP contribution in [0.5, 0.6) is 0 Å². The summed E-state index contributed by atoms with van der Waals surface area (Å²) in [4.78, 5) is 6.79. The molecule has 2 aliphatic rings. The summed E-state index contributed by atoms with van der Waals surface area (Å²) in [5, 5.41) is 8.31. The van der Waals surface area contributed by atoms with Gasteiger partial charge in [0.1, 0.15) is 0 Å². The Kier molecular flexibility index (Phi) is 3.12. The fourth-order valence-corrected chi connectivity index (χ4v) is 3.14. The summed E-state index contributed by atoms with van der Waals surface area (Å²) in [5.74, 6) is 0.790. The lowest BCUT2D eigenvalue weighted by Gasteiger charge is -2.24. The first-order valence-corrected chi connectivity index (χ1v) is 7.72. The highest BCUT2D eigenvalue weighted by molar-refractivity contribution is 6.30. The second-order valence-electron chi connectivity index (χ2n) is 5.73. The zero-order valence-electron chi connectivity index (χ0n) is 11.7. The molecule has 21 heavy (non-hydrogen) atoms. The molecule has 110 valence electrons. The van der Waals surface area contributed by atoms with Crippen LogP contribution in [0.1, 0.15) is 24.2 Å². The van der Waals surface area contributed by atoms with Crippen LogP contribution < -0.4 is 10.2 Å². The van der Waals surface area contributed by atoms with Crippen molar-refractivity contribution in [2.24, 2.45) is 0 Å². The molecule has 1 saturated heterocycles. The summed E-state index contributed by atoms with van der Waals surface area (Å²) in [7, 11) is 0. The van der Waals surface area contributed by atoms with Gasteiger partial charge in [-0.05, 0) is 30.5 Å². The van der Waals surface area contributed by atoms with Crippen molar-refractivity contribution in [3.63, 3.8) is 0 Å². The largest absolute Gasteiger partial charge is 0.324 e. The molecule has 0 bridgehead atoms. The molecular formula is C15H17ClN4O. The number of benzene rings is 1. The normalized spacial score (nSPS) is 20.5. The molecule has 1 aliphatic heterocycles. The number of rotatable bonds is 3. The van der Waals surface area contributed by atoms with Gasteiger partial charge in [0.05, 0.1) is 5.41 Å². The molecule has 5 nitrogen and oxygen atoms in total. The fraction of sp³-hybridized carbons (Fsp3) is 0.467. The van der Waals surface area contributed by atoms with E-state index in [0.717, 1.165) is 49.9 Å². The van der Waals surface area contributed by atoms with Gasteiger partial charge in [-0.25, -0.2) is 0 Å². The van der Waals surface area contributed by atoms with Gasteiger partial charge in [0.15, 0.2) is 5.82 Å². The molecule has 0 spiro atoms. The maximum atomic E-state index is 6.11. The predicted molar refractivity (Wildman–Crippen MR) is 80.8 cm³/mol. The lowest BCUT2D eigenvalue weighted by atomic mass is 9.95. The highest BCUT2D eigenvalue weighted by Crippen LogP contribution is 2.52. The molecule has 1 aromatic heterocycles. The molecule has 4 rings (SSSR count). The number of piperazine rings is 1. The quantitative estimate of drug-likeness (QED) is 0.942. The van der Waals surface area contributed by atoms with Crippen LogP contribution in [-0.2, 0) is 5.41 Å². The van der Waals surface area contributed by atoms with Crippen molar-refractivity contribution >= 4 is 17.6 Å². The first-order chi connectivity index (χ1) is 10.3. The Balaban J connectivity index is 1.63. The Morgan fingerprint density at radius 3 is 2.76 bits per heavy atom. The van der Waals surface area contributed by atoms with E-state index in [1.165, 1.54) is 5.56 Å². The Bertz CT molecular complexity index is 647. The van der Waals surface area contributed by atoms with Gasteiger partial charge in [0, 0.05) is 31.2 Å². The van der Waals surface area contributed by atoms with Crippen LogP contribution in [0.2, 0.25) is 5.02 Å². The van der Waals surface area contributed by atoms with Gasteiger partial charge in [-0.15, -0.1) is 0 Å². The third-order valence-corrected chi connectivity index (χ3v) is 4.59. The molecule has 6 heteroatoms. The topological polar surface area (TPSA) is 54.2 Å². The molecule has 0 amide bonds. The summed E-state index contributed by atoms with van der Waals surface area (Å²) in [5.41, 5.74) is 1.09. The number of hydrogen-bond acceptors (Lipinski definition) is 5. The van der Waals surface area contributed by atoms with Crippen LogP contribution >= 0.6 is 11.6 Å². The van der Waals surface area contributed by atoms with Crippen LogP contribution in [0.25, 0.3) is 0 Å². The van der Waals surface area contributed by atoms with E-state index in [9.17, 15) is 0 Å². The summed E-state index contributed by atoms with van der Waals surface area (Å²) in [6.45, 7) is 3.73. The van der Waals surface area contributed by atoms with E-state index in [-0.39, 0.29) is 5.41 Å². The lowest BCUT2D eigenvalue weighted by molar-refractivity contribution is 0.395. The average Bonchev–Trinajstić information content (AvgIpc) is 3.19. The van der Waals surface area contributed by atoms with E-state index >= 15 is 0 Å². The zero-order valence-corrected chi connectivity index (χ0v) is 12.4. The van der Waals surface area contributed by atoms with E-state index in [1.807, 2.05) is 18.2 Å². The van der Waals surface area contributed by atoms with Crippen molar-refractivity contribution in [1.82, 2.24) is 15.5 Å². The molecule has 2 fully saturated rings. The molecule has 0 atom stereocenters. The van der Waals surface area contributed by atoms with E-state index in [0.29, 0.717) is 6.01 Å². The highest BCUT2D eigenvalue weighted by atomic mass is 35.5. The van der Waals surface area contributed by atoms with Crippen molar-refractivity contribution in [3.05, 3.63) is 40.7 Å².